The van der Waals surface area contributed by atoms with Crippen LogP contribution in [0.1, 0.15) is 26.7 Å². The van der Waals surface area contributed by atoms with Gasteiger partial charge in [-0.1, -0.05) is 29.0 Å². The molecule has 0 spiro atoms. The van der Waals surface area contributed by atoms with E-state index in [0.29, 0.717) is 36.1 Å². The van der Waals surface area contributed by atoms with E-state index in [4.69, 9.17) is 16.3 Å². The molecule has 5 nitrogen and oxygen atoms in total. The molecule has 1 aromatic carbocycles. The Bertz CT molecular complexity index is 796. The molecule has 2 heterocycles. The van der Waals surface area contributed by atoms with Gasteiger partial charge in [0, 0.05) is 13.1 Å². The summed E-state index contributed by atoms with van der Waals surface area (Å²) in [6.07, 6.45) is 1.35. The summed E-state index contributed by atoms with van der Waals surface area (Å²) in [7, 11) is -3.18. The van der Waals surface area contributed by atoms with Crippen molar-refractivity contribution < 1.29 is 13.2 Å². The molecule has 2 aromatic rings. The van der Waals surface area contributed by atoms with Gasteiger partial charge in [0.1, 0.15) is 11.6 Å². The monoisotopic (exact) mass is 374 g/mol. The van der Waals surface area contributed by atoms with Crippen LogP contribution in [0.5, 0.6) is 5.19 Å². The van der Waals surface area contributed by atoms with Gasteiger partial charge in [-0.2, -0.15) is 0 Å². The van der Waals surface area contributed by atoms with E-state index in [1.54, 1.807) is 18.2 Å². The first-order chi connectivity index (χ1) is 10.9. The van der Waals surface area contributed by atoms with Gasteiger partial charge in [-0.15, -0.1) is 0 Å². The highest BCUT2D eigenvalue weighted by Crippen LogP contribution is 2.33. The zero-order valence-corrected chi connectivity index (χ0v) is 15.4. The molecule has 8 heteroatoms. The van der Waals surface area contributed by atoms with Crippen LogP contribution in [0.15, 0.2) is 18.2 Å². The van der Waals surface area contributed by atoms with Crippen LogP contribution in [0.4, 0.5) is 0 Å². The number of benzene rings is 1. The highest BCUT2D eigenvalue weighted by Gasteiger charge is 2.31. The second-order valence-electron chi connectivity index (χ2n) is 5.88. The molecule has 0 amide bonds. The molecule has 0 N–H and O–H groups in total. The summed E-state index contributed by atoms with van der Waals surface area (Å²) in [5.41, 5.74) is 0.758. The van der Waals surface area contributed by atoms with Crippen molar-refractivity contribution in [2.75, 3.05) is 13.1 Å². The summed E-state index contributed by atoms with van der Waals surface area (Å²) in [6, 6.07) is 5.66. The third-order valence-corrected chi connectivity index (χ3v) is 7.47. The highest BCUT2D eigenvalue weighted by molar-refractivity contribution is 7.89. The molecule has 1 aliphatic rings. The quantitative estimate of drug-likeness (QED) is 0.821. The third-order valence-electron chi connectivity index (χ3n) is 3.97. The summed E-state index contributed by atoms with van der Waals surface area (Å²) in [5, 5.41) is 0.830. The molecule has 1 fully saturated rings. The van der Waals surface area contributed by atoms with E-state index in [9.17, 15) is 8.42 Å². The van der Waals surface area contributed by atoms with Crippen molar-refractivity contribution >= 4 is 43.2 Å². The van der Waals surface area contributed by atoms with Gasteiger partial charge in [0.05, 0.1) is 15.0 Å². The Morgan fingerprint density at radius 1 is 1.35 bits per heavy atom. The lowest BCUT2D eigenvalue weighted by Gasteiger charge is -2.31. The van der Waals surface area contributed by atoms with Crippen molar-refractivity contribution in [1.82, 2.24) is 9.29 Å². The number of fused-ring (bicyclic) bond motifs is 1. The van der Waals surface area contributed by atoms with Gasteiger partial charge in [-0.05, 0) is 38.8 Å². The second-order valence-corrected chi connectivity index (χ2v) is 9.77. The molecule has 23 heavy (non-hydrogen) atoms. The Hall–Kier alpha value is -0.890. The number of ether oxygens (including phenoxy) is 1. The Kier molecular flexibility index (Phi) is 4.83. The lowest BCUT2D eigenvalue weighted by atomic mass is 10.1. The Labute approximate surface area is 145 Å². The lowest BCUT2D eigenvalue weighted by Crippen LogP contribution is -2.44. The molecule has 0 saturated carbocycles. The summed E-state index contributed by atoms with van der Waals surface area (Å²) in [6.45, 7) is 4.42. The van der Waals surface area contributed by atoms with Crippen LogP contribution in [-0.2, 0) is 10.0 Å². The Morgan fingerprint density at radius 3 is 2.65 bits per heavy atom. The third kappa shape index (κ3) is 3.47. The number of hydrogen-bond acceptors (Lipinski definition) is 5. The molecule has 0 bridgehead atoms. The molecular formula is C15H19ClN2O3S2. The minimum absolute atomic E-state index is 0.00653. The summed E-state index contributed by atoms with van der Waals surface area (Å²) < 4.78 is 32.8. The van der Waals surface area contributed by atoms with Crippen LogP contribution in [0.3, 0.4) is 0 Å². The number of halogens is 1. The van der Waals surface area contributed by atoms with Crippen LogP contribution in [0.2, 0.25) is 5.02 Å². The van der Waals surface area contributed by atoms with Gasteiger partial charge in [0.25, 0.3) is 5.19 Å². The second kappa shape index (κ2) is 6.55. The van der Waals surface area contributed by atoms with Crippen molar-refractivity contribution in [2.24, 2.45) is 0 Å². The van der Waals surface area contributed by atoms with Crippen LogP contribution in [0, 0.1) is 0 Å². The molecule has 0 unspecified atom stereocenters. The van der Waals surface area contributed by atoms with Crippen LogP contribution >= 0.6 is 22.9 Å². The maximum Gasteiger partial charge on any atom is 0.274 e. The van der Waals surface area contributed by atoms with Gasteiger partial charge in [0.15, 0.2) is 0 Å². The van der Waals surface area contributed by atoms with Crippen molar-refractivity contribution in [3.05, 3.63) is 23.2 Å². The smallest absolute Gasteiger partial charge is 0.274 e. The maximum absolute atomic E-state index is 12.2. The van der Waals surface area contributed by atoms with E-state index >= 15 is 0 Å². The lowest BCUT2D eigenvalue weighted by molar-refractivity contribution is 0.134. The average molecular weight is 375 g/mol. The van der Waals surface area contributed by atoms with Crippen LogP contribution < -0.4 is 4.74 Å². The number of piperidine rings is 1. The number of aromatic nitrogens is 1. The molecule has 0 atom stereocenters. The first kappa shape index (κ1) is 17.0. The fourth-order valence-electron chi connectivity index (χ4n) is 2.59. The minimum Gasteiger partial charge on any atom is -0.467 e. The SMILES string of the molecule is CC(C)S(=O)(=O)N1CCC(Oc2nc3c(Cl)cccc3s2)CC1. The topological polar surface area (TPSA) is 59.5 Å². The van der Waals surface area contributed by atoms with Crippen LogP contribution in [-0.4, -0.2) is 42.2 Å². The van der Waals surface area contributed by atoms with E-state index in [1.807, 2.05) is 18.2 Å². The molecule has 1 saturated heterocycles. The number of thiazole rings is 1. The fourth-order valence-corrected chi connectivity index (χ4v) is 5.09. The Balaban J connectivity index is 1.65. The van der Waals surface area contributed by atoms with Crippen molar-refractivity contribution in [3.8, 4) is 5.19 Å². The molecule has 1 aliphatic heterocycles. The Morgan fingerprint density at radius 2 is 2.04 bits per heavy atom. The summed E-state index contributed by atoms with van der Waals surface area (Å²) in [5.74, 6) is 0. The fraction of sp³-hybridized carbons (Fsp3) is 0.533. The number of sulfonamides is 1. The normalized spacial score (nSPS) is 17.9. The van der Waals surface area contributed by atoms with Crippen LogP contribution in [0.25, 0.3) is 10.2 Å². The first-order valence-corrected chi connectivity index (χ1v) is 10.3. The van der Waals surface area contributed by atoms with Crippen molar-refractivity contribution in [2.45, 2.75) is 38.0 Å². The average Bonchev–Trinajstić information content (AvgIpc) is 2.91. The number of rotatable bonds is 4. The molecule has 0 radical (unpaired) electrons. The highest BCUT2D eigenvalue weighted by atomic mass is 35.5. The van der Waals surface area contributed by atoms with E-state index in [2.05, 4.69) is 4.98 Å². The standard InChI is InChI=1S/C15H19ClN2O3S2/c1-10(2)23(19,20)18-8-6-11(7-9-18)21-15-17-14-12(16)4-3-5-13(14)22-15/h3-5,10-11H,6-9H2,1-2H3. The molecule has 3 rings (SSSR count). The van der Waals surface area contributed by atoms with Gasteiger partial charge < -0.3 is 4.74 Å². The zero-order valence-electron chi connectivity index (χ0n) is 13.0. The van der Waals surface area contributed by atoms with Gasteiger partial charge in [-0.25, -0.2) is 17.7 Å². The zero-order chi connectivity index (χ0) is 16.6. The summed E-state index contributed by atoms with van der Waals surface area (Å²) in [4.78, 5) is 4.43. The number of hydrogen-bond donors (Lipinski definition) is 0. The molecule has 0 aliphatic carbocycles. The molecular weight excluding hydrogens is 356 g/mol. The van der Waals surface area contributed by atoms with Gasteiger partial charge >= 0.3 is 0 Å². The van der Waals surface area contributed by atoms with E-state index in [1.165, 1.54) is 11.3 Å². The van der Waals surface area contributed by atoms with Crippen molar-refractivity contribution in [3.63, 3.8) is 0 Å². The minimum atomic E-state index is -3.18. The predicted octanol–water partition coefficient (Wildman–Crippen LogP) is 3.53. The number of para-hydroxylation sites is 1. The van der Waals surface area contributed by atoms with E-state index in [0.717, 1.165) is 10.2 Å². The van der Waals surface area contributed by atoms with Gasteiger partial charge in [-0.3, -0.25) is 0 Å². The molecule has 126 valence electrons. The van der Waals surface area contributed by atoms with Crippen molar-refractivity contribution in [1.29, 1.82) is 0 Å². The molecule has 1 aromatic heterocycles. The van der Waals surface area contributed by atoms with E-state index in [-0.39, 0.29) is 11.4 Å². The van der Waals surface area contributed by atoms with E-state index < -0.39 is 10.0 Å². The predicted molar refractivity (Wildman–Crippen MR) is 93.9 cm³/mol. The van der Waals surface area contributed by atoms with Gasteiger partial charge in [0.2, 0.25) is 10.0 Å². The first-order valence-electron chi connectivity index (χ1n) is 7.58. The number of nitrogens with zero attached hydrogens (tertiary/aromatic N) is 2. The maximum atomic E-state index is 12.2. The largest absolute Gasteiger partial charge is 0.467 e. The summed E-state index contributed by atoms with van der Waals surface area (Å²) >= 11 is 7.59.